The summed E-state index contributed by atoms with van der Waals surface area (Å²) >= 11 is 0. The molecule has 2 aliphatic rings. The summed E-state index contributed by atoms with van der Waals surface area (Å²) in [6, 6.07) is -0.152. The number of alkyl halides is 1. The Morgan fingerprint density at radius 3 is 2.89 bits per heavy atom. The molecule has 1 N–H and O–H groups in total. The number of nitrogens with zero attached hydrogens (tertiary/aromatic N) is 2. The number of hydrogen-bond acceptors (Lipinski definition) is 4. The van der Waals surface area contributed by atoms with Crippen molar-refractivity contribution in [3.8, 4) is 0 Å². The number of likely N-dealkylation sites (tertiary alicyclic amines) is 1. The lowest BCUT2D eigenvalue weighted by molar-refractivity contribution is -0.140. The molecule has 0 aromatic heterocycles. The zero-order valence-corrected chi connectivity index (χ0v) is 11.1. The predicted molar refractivity (Wildman–Crippen MR) is 65.9 cm³/mol. The number of carbonyl (C=O) groups is 1. The van der Waals surface area contributed by atoms with Crippen LogP contribution in [0.1, 0.15) is 13.3 Å². The maximum absolute atomic E-state index is 13.9. The zero-order valence-electron chi connectivity index (χ0n) is 11.1. The standard InChI is InChI=1S/C12H22FN3O2/c1-3-18-11-4-5-16(7-9(11)13)12(17)10-6-14-8-15(10)2/h9-11,14H,3-8H2,1-2H3/t9-,10?,11+/m1/s1. The molecule has 18 heavy (non-hydrogen) atoms. The van der Waals surface area contributed by atoms with Gasteiger partial charge in [-0.25, -0.2) is 4.39 Å². The molecule has 2 heterocycles. The first-order valence-electron chi connectivity index (χ1n) is 6.59. The molecule has 0 bridgehead atoms. The second kappa shape index (κ2) is 5.95. The second-order valence-corrected chi connectivity index (χ2v) is 4.97. The summed E-state index contributed by atoms with van der Waals surface area (Å²) in [5.41, 5.74) is 0. The molecule has 3 atom stereocenters. The van der Waals surface area contributed by atoms with Gasteiger partial charge in [-0.2, -0.15) is 0 Å². The van der Waals surface area contributed by atoms with Gasteiger partial charge in [-0.3, -0.25) is 9.69 Å². The van der Waals surface area contributed by atoms with E-state index in [9.17, 15) is 9.18 Å². The summed E-state index contributed by atoms with van der Waals surface area (Å²) in [5, 5.41) is 3.14. The molecule has 0 aromatic carbocycles. The van der Waals surface area contributed by atoms with Crippen molar-refractivity contribution in [2.75, 3.05) is 40.0 Å². The molecule has 0 radical (unpaired) electrons. The molecule has 2 fully saturated rings. The number of halogens is 1. The van der Waals surface area contributed by atoms with Gasteiger partial charge in [0, 0.05) is 26.4 Å². The van der Waals surface area contributed by atoms with Gasteiger partial charge in [-0.1, -0.05) is 0 Å². The van der Waals surface area contributed by atoms with Gasteiger partial charge >= 0.3 is 0 Å². The minimum absolute atomic E-state index is 0.0279. The van der Waals surface area contributed by atoms with E-state index in [2.05, 4.69) is 5.32 Å². The second-order valence-electron chi connectivity index (χ2n) is 4.97. The molecule has 2 rings (SSSR count). The minimum Gasteiger partial charge on any atom is -0.375 e. The van der Waals surface area contributed by atoms with E-state index in [1.54, 1.807) is 4.90 Å². The number of amides is 1. The van der Waals surface area contributed by atoms with Crippen molar-refractivity contribution in [1.82, 2.24) is 15.1 Å². The molecule has 6 heteroatoms. The van der Waals surface area contributed by atoms with Gasteiger partial charge in [0.1, 0.15) is 12.2 Å². The summed E-state index contributed by atoms with van der Waals surface area (Å²) in [6.45, 7) is 4.50. The molecular formula is C12H22FN3O2. The Balaban J connectivity index is 1.89. The van der Waals surface area contributed by atoms with Crippen LogP contribution in [0.4, 0.5) is 4.39 Å². The van der Waals surface area contributed by atoms with E-state index >= 15 is 0 Å². The zero-order chi connectivity index (χ0) is 13.1. The Hall–Kier alpha value is -0.720. The van der Waals surface area contributed by atoms with Crippen molar-refractivity contribution in [3.63, 3.8) is 0 Å². The monoisotopic (exact) mass is 259 g/mol. The number of hydrogen-bond donors (Lipinski definition) is 1. The lowest BCUT2D eigenvalue weighted by Crippen LogP contribution is -2.53. The van der Waals surface area contributed by atoms with Gasteiger partial charge in [0.15, 0.2) is 0 Å². The van der Waals surface area contributed by atoms with Crippen molar-refractivity contribution in [1.29, 1.82) is 0 Å². The van der Waals surface area contributed by atoms with Crippen LogP contribution in [0.5, 0.6) is 0 Å². The highest BCUT2D eigenvalue weighted by Crippen LogP contribution is 2.19. The number of nitrogens with one attached hydrogen (secondary N) is 1. The highest BCUT2D eigenvalue weighted by molar-refractivity contribution is 5.82. The number of carbonyl (C=O) groups excluding carboxylic acids is 1. The van der Waals surface area contributed by atoms with E-state index < -0.39 is 6.17 Å². The van der Waals surface area contributed by atoms with Crippen LogP contribution in [0.15, 0.2) is 0 Å². The Morgan fingerprint density at radius 2 is 2.33 bits per heavy atom. The summed E-state index contributed by atoms with van der Waals surface area (Å²) in [5.74, 6) is 0.0279. The van der Waals surface area contributed by atoms with Crippen LogP contribution in [0.25, 0.3) is 0 Å². The molecule has 2 saturated heterocycles. The largest absolute Gasteiger partial charge is 0.375 e. The van der Waals surface area contributed by atoms with Crippen LogP contribution < -0.4 is 5.32 Å². The first-order chi connectivity index (χ1) is 8.63. The molecular weight excluding hydrogens is 237 g/mol. The number of rotatable bonds is 3. The average molecular weight is 259 g/mol. The van der Waals surface area contributed by atoms with Crippen molar-refractivity contribution in [2.45, 2.75) is 31.7 Å². The maximum Gasteiger partial charge on any atom is 0.241 e. The van der Waals surface area contributed by atoms with E-state index in [0.29, 0.717) is 32.8 Å². The number of piperidine rings is 1. The molecule has 1 unspecified atom stereocenters. The normalized spacial score (nSPS) is 33.9. The van der Waals surface area contributed by atoms with Crippen LogP contribution in [-0.2, 0) is 9.53 Å². The fourth-order valence-electron chi connectivity index (χ4n) is 2.62. The number of likely N-dealkylation sites (N-methyl/N-ethyl adjacent to an activating group) is 1. The third kappa shape index (κ3) is 2.81. The topological polar surface area (TPSA) is 44.8 Å². The first-order valence-corrected chi connectivity index (χ1v) is 6.59. The number of ether oxygens (including phenoxy) is 1. The first kappa shape index (κ1) is 13.7. The SMILES string of the molecule is CCO[C@H]1CCN(C(=O)C2CNCN2C)C[C@H]1F. The molecule has 0 aromatic rings. The van der Waals surface area contributed by atoms with Crippen molar-refractivity contribution in [3.05, 3.63) is 0 Å². The fraction of sp³-hybridized carbons (Fsp3) is 0.917. The van der Waals surface area contributed by atoms with Crippen LogP contribution in [-0.4, -0.2) is 74.0 Å². The summed E-state index contributed by atoms with van der Waals surface area (Å²) in [6.07, 6.45) is -0.828. The predicted octanol–water partition coefficient (Wildman–Crippen LogP) is -0.177. The molecule has 0 aliphatic carbocycles. The Morgan fingerprint density at radius 1 is 1.56 bits per heavy atom. The molecule has 0 saturated carbocycles. The van der Waals surface area contributed by atoms with Gasteiger partial charge < -0.3 is 15.0 Å². The highest BCUT2D eigenvalue weighted by Gasteiger charge is 2.37. The Bertz CT molecular complexity index is 303. The average Bonchev–Trinajstić information content (AvgIpc) is 2.77. The molecule has 5 nitrogen and oxygen atoms in total. The third-order valence-electron chi connectivity index (χ3n) is 3.69. The summed E-state index contributed by atoms with van der Waals surface area (Å²) in [4.78, 5) is 15.9. The van der Waals surface area contributed by atoms with Gasteiger partial charge in [0.2, 0.25) is 5.91 Å². The highest BCUT2D eigenvalue weighted by atomic mass is 19.1. The minimum atomic E-state index is -1.07. The Kier molecular flexibility index (Phi) is 4.53. The molecule has 104 valence electrons. The molecule has 0 spiro atoms. The Labute approximate surface area is 107 Å². The van der Waals surface area contributed by atoms with Crippen molar-refractivity contribution in [2.24, 2.45) is 0 Å². The van der Waals surface area contributed by atoms with Gasteiger partial charge in [-0.15, -0.1) is 0 Å². The van der Waals surface area contributed by atoms with Crippen molar-refractivity contribution >= 4 is 5.91 Å². The fourth-order valence-corrected chi connectivity index (χ4v) is 2.62. The van der Waals surface area contributed by atoms with Crippen LogP contribution in [0.3, 0.4) is 0 Å². The van der Waals surface area contributed by atoms with E-state index in [1.807, 2.05) is 18.9 Å². The quantitative estimate of drug-likeness (QED) is 0.764. The van der Waals surface area contributed by atoms with Crippen molar-refractivity contribution < 1.29 is 13.9 Å². The summed E-state index contributed by atoms with van der Waals surface area (Å²) < 4.78 is 19.2. The van der Waals surface area contributed by atoms with Crippen LogP contribution in [0.2, 0.25) is 0 Å². The van der Waals surface area contributed by atoms with Gasteiger partial charge in [0.25, 0.3) is 0 Å². The van der Waals surface area contributed by atoms with Gasteiger partial charge in [-0.05, 0) is 20.4 Å². The third-order valence-corrected chi connectivity index (χ3v) is 3.69. The maximum atomic E-state index is 13.9. The van der Waals surface area contributed by atoms with E-state index in [-0.39, 0.29) is 24.6 Å². The smallest absolute Gasteiger partial charge is 0.241 e. The van der Waals surface area contributed by atoms with Crippen LogP contribution >= 0.6 is 0 Å². The van der Waals surface area contributed by atoms with E-state index in [1.165, 1.54) is 0 Å². The molecule has 1 amide bonds. The van der Waals surface area contributed by atoms with Crippen LogP contribution in [0, 0.1) is 0 Å². The van der Waals surface area contributed by atoms with E-state index in [0.717, 1.165) is 0 Å². The summed E-state index contributed by atoms with van der Waals surface area (Å²) in [7, 11) is 1.91. The lowest BCUT2D eigenvalue weighted by Gasteiger charge is -2.36. The lowest BCUT2D eigenvalue weighted by atomic mass is 10.0. The van der Waals surface area contributed by atoms with Gasteiger partial charge in [0.05, 0.1) is 12.6 Å². The molecule has 2 aliphatic heterocycles. The van der Waals surface area contributed by atoms with E-state index in [4.69, 9.17) is 4.74 Å².